The van der Waals surface area contributed by atoms with Crippen LogP contribution in [-0.2, 0) is 0 Å². The third-order valence-corrected chi connectivity index (χ3v) is 4.40. The Morgan fingerprint density at radius 1 is 1.03 bits per heavy atom. The molecule has 2 heterocycles. The van der Waals surface area contributed by atoms with Crippen LogP contribution < -0.4 is 26.0 Å². The van der Waals surface area contributed by atoms with Crippen LogP contribution in [0.4, 0.5) is 27.5 Å². The van der Waals surface area contributed by atoms with Crippen LogP contribution in [0.1, 0.15) is 26.5 Å². The highest BCUT2D eigenvalue weighted by molar-refractivity contribution is 6.10. The van der Waals surface area contributed by atoms with Crippen LogP contribution >= 0.6 is 0 Å². The lowest BCUT2D eigenvalue weighted by molar-refractivity contribution is 0.0963. The Hall–Kier alpha value is -4.28. The number of hydrogen-bond acceptors (Lipinski definition) is 8. The van der Waals surface area contributed by atoms with Gasteiger partial charge in [-0.2, -0.15) is 0 Å². The molecule has 0 aliphatic carbocycles. The van der Waals surface area contributed by atoms with Gasteiger partial charge in [-0.15, -0.1) is 0 Å². The van der Waals surface area contributed by atoms with Crippen molar-refractivity contribution in [2.24, 2.45) is 0 Å². The lowest BCUT2D eigenvalue weighted by atomic mass is 10.1. The zero-order valence-corrected chi connectivity index (χ0v) is 17.9. The average molecular weight is 439 g/mol. The Kier molecular flexibility index (Phi) is 6.78. The Morgan fingerprint density at radius 2 is 1.78 bits per heavy atom. The predicted octanol–water partition coefficient (Wildman–Crippen LogP) is 2.72. The molecule has 4 N–H and O–H groups in total. The number of amides is 2. The van der Waals surface area contributed by atoms with Crippen molar-refractivity contribution in [3.63, 3.8) is 0 Å². The van der Waals surface area contributed by atoms with Gasteiger partial charge < -0.3 is 26.0 Å². The van der Waals surface area contributed by atoms with Crippen LogP contribution in [0.2, 0.25) is 0 Å². The minimum atomic E-state index is -0.780. The van der Waals surface area contributed by atoms with Crippen molar-refractivity contribution in [1.29, 1.82) is 0 Å². The minimum absolute atomic E-state index is 0.0625. The summed E-state index contributed by atoms with van der Waals surface area (Å²) in [6.07, 6.45) is 1.29. The third-order valence-electron chi connectivity index (χ3n) is 4.40. The number of pyridine rings is 1. The first-order chi connectivity index (χ1) is 15.4. The number of anilines is 4. The van der Waals surface area contributed by atoms with Crippen LogP contribution in [0, 0.1) is 12.7 Å². The summed E-state index contributed by atoms with van der Waals surface area (Å²) < 4.78 is 19.4. The van der Waals surface area contributed by atoms with E-state index in [4.69, 9.17) is 4.74 Å². The first kappa shape index (κ1) is 22.4. The molecule has 2 amide bonds. The normalized spacial score (nSPS) is 10.3. The summed E-state index contributed by atoms with van der Waals surface area (Å²) in [5, 5.41) is 11.0. The fourth-order valence-corrected chi connectivity index (χ4v) is 2.91. The smallest absolute Gasteiger partial charge is 0.262 e. The third kappa shape index (κ3) is 4.89. The number of nitrogens with zero attached hydrogens (tertiary/aromatic N) is 3. The van der Waals surface area contributed by atoms with Crippen molar-refractivity contribution in [1.82, 2.24) is 20.3 Å². The molecule has 1 aromatic carbocycles. The number of ether oxygens (including phenoxy) is 1. The lowest BCUT2D eigenvalue weighted by Gasteiger charge is -2.14. The van der Waals surface area contributed by atoms with E-state index in [-0.39, 0.29) is 22.6 Å². The second-order valence-corrected chi connectivity index (χ2v) is 6.53. The van der Waals surface area contributed by atoms with Gasteiger partial charge in [-0.05, 0) is 19.1 Å². The Balaban J connectivity index is 1.98. The van der Waals surface area contributed by atoms with E-state index in [0.29, 0.717) is 23.3 Å². The monoisotopic (exact) mass is 439 g/mol. The minimum Gasteiger partial charge on any atom is -0.496 e. The van der Waals surface area contributed by atoms with Crippen molar-refractivity contribution in [2.75, 3.05) is 37.2 Å². The molecule has 0 aliphatic heterocycles. The molecule has 0 saturated carbocycles. The molecule has 11 heteroatoms. The molecular formula is C21H22FN7O3. The topological polar surface area (TPSA) is 130 Å². The van der Waals surface area contributed by atoms with Crippen LogP contribution in [0.15, 0.2) is 36.5 Å². The van der Waals surface area contributed by atoms with Gasteiger partial charge in [0.05, 0.1) is 18.4 Å². The summed E-state index contributed by atoms with van der Waals surface area (Å²) >= 11 is 0. The first-order valence-electron chi connectivity index (χ1n) is 9.52. The van der Waals surface area contributed by atoms with Gasteiger partial charge in [0.1, 0.15) is 40.4 Å². The van der Waals surface area contributed by atoms with Gasteiger partial charge in [0, 0.05) is 32.4 Å². The molecule has 0 saturated heterocycles. The summed E-state index contributed by atoms with van der Waals surface area (Å²) in [5.41, 5.74) is -0.0671. The van der Waals surface area contributed by atoms with E-state index >= 15 is 0 Å². The Bertz CT molecular complexity index is 1170. The maximum atomic E-state index is 14.3. The molecule has 0 fully saturated rings. The second-order valence-electron chi connectivity index (χ2n) is 6.53. The molecular weight excluding hydrogens is 417 g/mol. The molecule has 3 rings (SSSR count). The zero-order valence-electron chi connectivity index (χ0n) is 17.9. The van der Waals surface area contributed by atoms with E-state index in [9.17, 15) is 14.0 Å². The van der Waals surface area contributed by atoms with Gasteiger partial charge in [-0.25, -0.2) is 19.3 Å². The number of nitrogens with one attached hydrogen (secondary N) is 4. The Labute approximate surface area is 183 Å². The van der Waals surface area contributed by atoms with Crippen LogP contribution in [0.25, 0.3) is 0 Å². The van der Waals surface area contributed by atoms with Crippen molar-refractivity contribution >= 4 is 35.0 Å². The maximum absolute atomic E-state index is 14.3. The standard InChI is InChI=1S/C21H22FN7O3/c1-11-26-16(23-2)9-18(27-11)29-17-8-14(12(10-25-17)20(30)24-3)28-21(31)19-13(22)6-5-7-15(19)32-4/h5-10H,1-4H3,(H,24,30)(H3,23,25,26,27,28,29,31). The van der Waals surface area contributed by atoms with E-state index in [2.05, 4.69) is 36.2 Å². The van der Waals surface area contributed by atoms with Crippen molar-refractivity contribution in [3.8, 4) is 5.75 Å². The molecule has 0 radical (unpaired) electrons. The van der Waals surface area contributed by atoms with E-state index in [1.165, 1.54) is 38.6 Å². The Morgan fingerprint density at radius 3 is 2.47 bits per heavy atom. The largest absolute Gasteiger partial charge is 0.496 e. The van der Waals surface area contributed by atoms with E-state index in [0.717, 1.165) is 6.07 Å². The number of methoxy groups -OCH3 is 1. The highest BCUT2D eigenvalue weighted by Crippen LogP contribution is 2.26. The summed E-state index contributed by atoms with van der Waals surface area (Å²) in [6, 6.07) is 7.16. The molecule has 10 nitrogen and oxygen atoms in total. The number of rotatable bonds is 7. The quantitative estimate of drug-likeness (QED) is 0.442. The maximum Gasteiger partial charge on any atom is 0.262 e. The number of carbonyl (C=O) groups excluding carboxylic acids is 2. The van der Waals surface area contributed by atoms with Crippen molar-refractivity contribution < 1.29 is 18.7 Å². The van der Waals surface area contributed by atoms with Gasteiger partial charge >= 0.3 is 0 Å². The van der Waals surface area contributed by atoms with Crippen molar-refractivity contribution in [2.45, 2.75) is 6.92 Å². The summed E-state index contributed by atoms with van der Waals surface area (Å²) in [7, 11) is 4.51. The summed E-state index contributed by atoms with van der Waals surface area (Å²) in [5.74, 6) is -0.0700. The molecule has 0 aliphatic rings. The van der Waals surface area contributed by atoms with E-state index in [1.807, 2.05) is 0 Å². The second kappa shape index (κ2) is 9.69. The van der Waals surface area contributed by atoms with Crippen LogP contribution in [0.3, 0.4) is 0 Å². The highest BCUT2D eigenvalue weighted by atomic mass is 19.1. The molecule has 0 atom stereocenters. The predicted molar refractivity (Wildman–Crippen MR) is 118 cm³/mol. The highest BCUT2D eigenvalue weighted by Gasteiger charge is 2.21. The SMILES string of the molecule is CNC(=O)c1cnc(Nc2cc(NC)nc(C)n2)cc1NC(=O)c1c(F)cccc1OC. The fourth-order valence-electron chi connectivity index (χ4n) is 2.91. The molecule has 166 valence electrons. The first-order valence-corrected chi connectivity index (χ1v) is 9.52. The number of hydrogen-bond donors (Lipinski definition) is 4. The number of aromatic nitrogens is 3. The number of aryl methyl sites for hydroxylation is 1. The molecule has 0 bridgehead atoms. The summed E-state index contributed by atoms with van der Waals surface area (Å²) in [4.78, 5) is 37.9. The molecule has 3 aromatic rings. The lowest BCUT2D eigenvalue weighted by Crippen LogP contribution is -2.22. The van der Waals surface area contributed by atoms with Gasteiger partial charge in [0.25, 0.3) is 11.8 Å². The van der Waals surface area contributed by atoms with Crippen LogP contribution in [-0.4, -0.2) is 48.0 Å². The van der Waals surface area contributed by atoms with Gasteiger partial charge in [0.2, 0.25) is 0 Å². The fraction of sp³-hybridized carbons (Fsp3) is 0.190. The molecule has 32 heavy (non-hydrogen) atoms. The number of halogens is 1. The van der Waals surface area contributed by atoms with Gasteiger partial charge in [-0.1, -0.05) is 6.07 Å². The molecule has 0 spiro atoms. The van der Waals surface area contributed by atoms with Crippen LogP contribution in [0.5, 0.6) is 5.75 Å². The molecule has 2 aromatic heterocycles. The van der Waals surface area contributed by atoms with Crippen molar-refractivity contribution in [3.05, 3.63) is 59.3 Å². The van der Waals surface area contributed by atoms with Gasteiger partial charge in [-0.3, -0.25) is 9.59 Å². The number of carbonyl (C=O) groups is 2. The average Bonchev–Trinajstić information content (AvgIpc) is 2.77. The number of benzene rings is 1. The van der Waals surface area contributed by atoms with E-state index < -0.39 is 17.6 Å². The zero-order chi connectivity index (χ0) is 23.3. The molecule has 0 unspecified atom stereocenters. The van der Waals surface area contributed by atoms with E-state index in [1.54, 1.807) is 20.0 Å². The summed E-state index contributed by atoms with van der Waals surface area (Å²) in [6.45, 7) is 1.74. The van der Waals surface area contributed by atoms with Gasteiger partial charge in [0.15, 0.2) is 0 Å².